The summed E-state index contributed by atoms with van der Waals surface area (Å²) >= 11 is 0. The molecule has 0 fully saturated rings. The third-order valence-electron chi connectivity index (χ3n) is 5.81. The van der Waals surface area contributed by atoms with Gasteiger partial charge in [-0.05, 0) is 43.9 Å². The Labute approximate surface area is 183 Å². The number of amides is 1. The minimum absolute atomic E-state index is 0.0271. The standard InChI is InChI=1S/C24H22FN5O2/c1-15-5-9-17(10-6-15)22-27-24-29(20-4-2-3-19(20)23(32)30(24)28-22)14-21(31)26-13-16-7-11-18(25)12-8-16/h5-12H,2-4,13-14H2,1H3,(H,26,31). The molecule has 0 saturated carbocycles. The highest BCUT2D eigenvalue weighted by molar-refractivity contribution is 5.76. The summed E-state index contributed by atoms with van der Waals surface area (Å²) in [5.74, 6) is 0.283. The molecule has 4 aromatic rings. The van der Waals surface area contributed by atoms with Crippen LogP contribution >= 0.6 is 0 Å². The largest absolute Gasteiger partial charge is 0.350 e. The Kier molecular flexibility index (Phi) is 5.05. The SMILES string of the molecule is Cc1ccc(-c2nc3n(CC(=O)NCc4ccc(F)cc4)c4c(c(=O)n3n2)CCC4)cc1. The molecule has 2 aromatic heterocycles. The van der Waals surface area contributed by atoms with Gasteiger partial charge in [-0.15, -0.1) is 5.10 Å². The number of rotatable bonds is 5. The molecular formula is C24H22FN5O2. The lowest BCUT2D eigenvalue weighted by Crippen LogP contribution is -2.31. The molecule has 2 heterocycles. The number of hydrogen-bond donors (Lipinski definition) is 1. The number of fused-ring (bicyclic) bond motifs is 2. The molecule has 1 N–H and O–H groups in total. The van der Waals surface area contributed by atoms with E-state index >= 15 is 0 Å². The summed E-state index contributed by atoms with van der Waals surface area (Å²) in [6.07, 6.45) is 2.25. The summed E-state index contributed by atoms with van der Waals surface area (Å²) in [7, 11) is 0. The molecule has 0 spiro atoms. The van der Waals surface area contributed by atoms with E-state index in [1.54, 1.807) is 16.7 Å². The van der Waals surface area contributed by atoms with Crippen molar-refractivity contribution in [3.63, 3.8) is 0 Å². The van der Waals surface area contributed by atoms with Crippen LogP contribution in [0.15, 0.2) is 53.3 Å². The second-order valence-corrected chi connectivity index (χ2v) is 8.09. The first-order valence-corrected chi connectivity index (χ1v) is 10.6. The van der Waals surface area contributed by atoms with Gasteiger partial charge in [0.05, 0.1) is 0 Å². The Morgan fingerprint density at radius 1 is 1.09 bits per heavy atom. The van der Waals surface area contributed by atoms with Crippen LogP contribution < -0.4 is 10.9 Å². The van der Waals surface area contributed by atoms with E-state index in [0.717, 1.165) is 35.2 Å². The highest BCUT2D eigenvalue weighted by Crippen LogP contribution is 2.22. The molecule has 0 atom stereocenters. The maximum absolute atomic E-state index is 13.1. The number of nitrogens with one attached hydrogen (secondary N) is 1. The molecule has 162 valence electrons. The number of benzene rings is 2. The number of carbonyl (C=O) groups excluding carboxylic acids is 1. The van der Waals surface area contributed by atoms with Crippen LogP contribution in [0.2, 0.25) is 0 Å². The highest BCUT2D eigenvalue weighted by atomic mass is 19.1. The molecule has 0 radical (unpaired) electrons. The zero-order valence-corrected chi connectivity index (χ0v) is 17.6. The van der Waals surface area contributed by atoms with Gasteiger partial charge in [0.1, 0.15) is 12.4 Å². The van der Waals surface area contributed by atoms with Gasteiger partial charge >= 0.3 is 0 Å². The summed E-state index contributed by atoms with van der Waals surface area (Å²) in [5, 5.41) is 7.33. The first-order valence-electron chi connectivity index (χ1n) is 10.6. The molecule has 0 bridgehead atoms. The van der Waals surface area contributed by atoms with Crippen LogP contribution in [0.25, 0.3) is 17.2 Å². The van der Waals surface area contributed by atoms with E-state index in [-0.39, 0.29) is 23.8 Å². The number of carbonyl (C=O) groups is 1. The summed E-state index contributed by atoms with van der Waals surface area (Å²) in [4.78, 5) is 30.4. The topological polar surface area (TPSA) is 81.3 Å². The van der Waals surface area contributed by atoms with Crippen molar-refractivity contribution in [3.8, 4) is 11.4 Å². The minimum Gasteiger partial charge on any atom is -0.350 e. The number of nitrogens with zero attached hydrogens (tertiary/aromatic N) is 4. The van der Waals surface area contributed by atoms with Crippen molar-refractivity contribution in [2.75, 3.05) is 0 Å². The number of halogens is 1. The molecule has 0 unspecified atom stereocenters. The predicted octanol–water partition coefficient (Wildman–Crippen LogP) is 2.81. The van der Waals surface area contributed by atoms with E-state index in [1.165, 1.54) is 16.6 Å². The second kappa shape index (κ2) is 8.03. The second-order valence-electron chi connectivity index (χ2n) is 8.09. The zero-order valence-electron chi connectivity index (χ0n) is 17.6. The molecule has 0 aliphatic heterocycles. The molecule has 0 saturated heterocycles. The van der Waals surface area contributed by atoms with Crippen molar-refractivity contribution >= 4 is 11.7 Å². The Bertz CT molecular complexity index is 1370. The normalized spacial score (nSPS) is 12.8. The lowest BCUT2D eigenvalue weighted by Gasteiger charge is -2.14. The van der Waals surface area contributed by atoms with Crippen molar-refractivity contribution in [1.82, 2.24) is 24.5 Å². The van der Waals surface area contributed by atoms with Gasteiger partial charge in [-0.1, -0.05) is 42.0 Å². The average molecular weight is 431 g/mol. The van der Waals surface area contributed by atoms with Gasteiger partial charge in [0.15, 0.2) is 5.82 Å². The Morgan fingerprint density at radius 2 is 1.84 bits per heavy atom. The maximum Gasteiger partial charge on any atom is 0.279 e. The predicted molar refractivity (Wildman–Crippen MR) is 118 cm³/mol. The molecule has 1 aliphatic rings. The van der Waals surface area contributed by atoms with Crippen LogP contribution in [0.3, 0.4) is 0 Å². The van der Waals surface area contributed by atoms with Gasteiger partial charge in [-0.25, -0.2) is 4.39 Å². The minimum atomic E-state index is -0.317. The number of hydrogen-bond acceptors (Lipinski definition) is 4. The van der Waals surface area contributed by atoms with Crippen LogP contribution in [0.1, 0.15) is 28.8 Å². The van der Waals surface area contributed by atoms with E-state index in [4.69, 9.17) is 0 Å². The lowest BCUT2D eigenvalue weighted by molar-refractivity contribution is -0.121. The molecule has 32 heavy (non-hydrogen) atoms. The van der Waals surface area contributed by atoms with Crippen molar-refractivity contribution in [3.05, 3.63) is 87.1 Å². The molecule has 7 nitrogen and oxygen atoms in total. The van der Waals surface area contributed by atoms with Gasteiger partial charge in [0, 0.05) is 23.4 Å². The fraction of sp³-hybridized carbons (Fsp3) is 0.250. The molecule has 2 aromatic carbocycles. The van der Waals surface area contributed by atoms with Crippen LogP contribution in [0.5, 0.6) is 0 Å². The van der Waals surface area contributed by atoms with Crippen molar-refractivity contribution in [2.45, 2.75) is 39.3 Å². The summed E-state index contributed by atoms with van der Waals surface area (Å²) in [6.45, 7) is 2.32. The fourth-order valence-electron chi connectivity index (χ4n) is 4.11. The first-order chi connectivity index (χ1) is 15.5. The molecule has 8 heteroatoms. The third-order valence-corrected chi connectivity index (χ3v) is 5.81. The van der Waals surface area contributed by atoms with Crippen molar-refractivity contribution < 1.29 is 9.18 Å². The quantitative estimate of drug-likeness (QED) is 0.527. The van der Waals surface area contributed by atoms with Gasteiger partial charge in [0.25, 0.3) is 5.56 Å². The van der Waals surface area contributed by atoms with Gasteiger partial charge in [-0.3, -0.25) is 9.59 Å². The van der Waals surface area contributed by atoms with Crippen LogP contribution in [0, 0.1) is 12.7 Å². The Balaban J connectivity index is 1.49. The van der Waals surface area contributed by atoms with Crippen LogP contribution in [-0.4, -0.2) is 25.1 Å². The monoisotopic (exact) mass is 431 g/mol. The number of aryl methyl sites for hydroxylation is 1. The Morgan fingerprint density at radius 3 is 2.59 bits per heavy atom. The summed E-state index contributed by atoms with van der Waals surface area (Å²) in [6, 6.07) is 13.8. The third kappa shape index (κ3) is 3.68. The molecule has 1 amide bonds. The highest BCUT2D eigenvalue weighted by Gasteiger charge is 2.25. The van der Waals surface area contributed by atoms with E-state index in [2.05, 4.69) is 15.4 Å². The van der Waals surface area contributed by atoms with Crippen LogP contribution in [-0.2, 0) is 30.7 Å². The van der Waals surface area contributed by atoms with Crippen LogP contribution in [0.4, 0.5) is 4.39 Å². The summed E-state index contributed by atoms with van der Waals surface area (Å²) in [5.41, 5.74) is 4.12. The maximum atomic E-state index is 13.1. The summed E-state index contributed by atoms with van der Waals surface area (Å²) < 4.78 is 16.2. The van der Waals surface area contributed by atoms with E-state index in [0.29, 0.717) is 30.1 Å². The van der Waals surface area contributed by atoms with E-state index in [1.807, 2.05) is 31.2 Å². The molecular weight excluding hydrogens is 409 g/mol. The number of aromatic nitrogens is 4. The van der Waals surface area contributed by atoms with Gasteiger partial charge in [-0.2, -0.15) is 9.50 Å². The van der Waals surface area contributed by atoms with Crippen molar-refractivity contribution in [2.24, 2.45) is 0 Å². The van der Waals surface area contributed by atoms with E-state index < -0.39 is 0 Å². The van der Waals surface area contributed by atoms with Gasteiger partial charge < -0.3 is 9.88 Å². The smallest absolute Gasteiger partial charge is 0.279 e. The molecule has 5 rings (SSSR count). The fourth-order valence-corrected chi connectivity index (χ4v) is 4.11. The zero-order chi connectivity index (χ0) is 22.2. The van der Waals surface area contributed by atoms with Crippen molar-refractivity contribution in [1.29, 1.82) is 0 Å². The van der Waals surface area contributed by atoms with E-state index in [9.17, 15) is 14.0 Å². The lowest BCUT2D eigenvalue weighted by atomic mass is 10.1. The van der Waals surface area contributed by atoms with Gasteiger partial charge in [0.2, 0.25) is 11.7 Å². The first kappa shape index (κ1) is 20.1. The Hall–Kier alpha value is -3.81. The average Bonchev–Trinajstić information content (AvgIpc) is 3.45. The molecule has 1 aliphatic carbocycles.